The molecule has 9 heteroatoms. The minimum absolute atomic E-state index is 0.170. The Balaban J connectivity index is 1.39. The molecule has 3 aromatic carbocycles. The lowest BCUT2D eigenvalue weighted by atomic mass is 10.2. The zero-order chi connectivity index (χ0) is 24.4. The van der Waals surface area contributed by atoms with Crippen molar-refractivity contribution in [2.75, 3.05) is 11.9 Å². The number of rotatable bonds is 6. The predicted molar refractivity (Wildman–Crippen MR) is 141 cm³/mol. The summed E-state index contributed by atoms with van der Waals surface area (Å²) in [5.41, 5.74) is 3.06. The average Bonchev–Trinajstić information content (AvgIpc) is 3.40. The van der Waals surface area contributed by atoms with Crippen molar-refractivity contribution in [3.05, 3.63) is 103 Å². The minimum atomic E-state index is -0.278. The lowest BCUT2D eigenvalue weighted by Gasteiger charge is -2.10. The molecule has 0 aliphatic rings. The number of nitrogens with zero attached hydrogens (tertiary/aromatic N) is 3. The summed E-state index contributed by atoms with van der Waals surface area (Å²) in [6.45, 7) is 1.81. The van der Waals surface area contributed by atoms with Crippen LogP contribution >= 0.6 is 27.3 Å². The molecule has 2 heterocycles. The standard InChI is InChI=1S/C26H19BrN4O3S/c1-16-7-10-20(11-8-16)28-23(32)15-34-21-12-9-19(27)13-18(21)14-22-25(33)31-26(35-22)29-24(30-31)17-5-3-2-4-6-17/h2-14H,15H2,1H3,(H,28,32)/b22-14-. The molecule has 0 atom stereocenters. The van der Waals surface area contributed by atoms with E-state index in [2.05, 4.69) is 31.3 Å². The summed E-state index contributed by atoms with van der Waals surface area (Å²) < 4.78 is 8.39. The molecule has 7 nitrogen and oxygen atoms in total. The molecule has 0 unspecified atom stereocenters. The Labute approximate surface area is 212 Å². The number of halogens is 1. The summed E-state index contributed by atoms with van der Waals surface area (Å²) in [4.78, 5) is 30.4. The van der Waals surface area contributed by atoms with Crippen molar-refractivity contribution < 1.29 is 9.53 Å². The number of hydrogen-bond acceptors (Lipinski definition) is 6. The summed E-state index contributed by atoms with van der Waals surface area (Å²) in [5.74, 6) is 0.710. The van der Waals surface area contributed by atoms with Crippen LogP contribution in [0.3, 0.4) is 0 Å². The minimum Gasteiger partial charge on any atom is -0.483 e. The number of amides is 1. The average molecular weight is 547 g/mol. The topological polar surface area (TPSA) is 85.6 Å². The smallest absolute Gasteiger partial charge is 0.291 e. The maximum Gasteiger partial charge on any atom is 0.291 e. The molecule has 1 N–H and O–H groups in total. The highest BCUT2D eigenvalue weighted by Gasteiger charge is 2.13. The van der Waals surface area contributed by atoms with E-state index in [1.165, 1.54) is 15.9 Å². The van der Waals surface area contributed by atoms with Crippen LogP contribution in [-0.4, -0.2) is 27.1 Å². The van der Waals surface area contributed by atoms with Crippen molar-refractivity contribution >= 4 is 49.9 Å². The number of fused-ring (bicyclic) bond motifs is 1. The number of ether oxygens (including phenoxy) is 1. The van der Waals surface area contributed by atoms with E-state index in [4.69, 9.17) is 4.74 Å². The van der Waals surface area contributed by atoms with Crippen molar-refractivity contribution in [2.24, 2.45) is 0 Å². The fraction of sp³-hybridized carbons (Fsp3) is 0.0769. The lowest BCUT2D eigenvalue weighted by molar-refractivity contribution is -0.118. The Morgan fingerprint density at radius 1 is 1.11 bits per heavy atom. The number of thiazole rings is 1. The molecule has 0 aliphatic heterocycles. The van der Waals surface area contributed by atoms with Crippen LogP contribution in [0.4, 0.5) is 5.69 Å². The van der Waals surface area contributed by atoms with Gasteiger partial charge in [-0.25, -0.2) is 0 Å². The van der Waals surface area contributed by atoms with E-state index in [0.717, 1.165) is 15.6 Å². The van der Waals surface area contributed by atoms with Gasteiger partial charge in [0.2, 0.25) is 4.96 Å². The maximum absolute atomic E-state index is 13.0. The summed E-state index contributed by atoms with van der Waals surface area (Å²) in [7, 11) is 0. The van der Waals surface area contributed by atoms with Crippen molar-refractivity contribution in [3.8, 4) is 17.1 Å². The van der Waals surface area contributed by atoms with Crippen molar-refractivity contribution in [1.29, 1.82) is 0 Å². The van der Waals surface area contributed by atoms with Crippen molar-refractivity contribution in [2.45, 2.75) is 6.92 Å². The number of aryl methyl sites for hydroxylation is 1. The summed E-state index contributed by atoms with van der Waals surface area (Å²) in [6, 6.07) is 22.4. The Kier molecular flexibility index (Phi) is 6.43. The third kappa shape index (κ3) is 5.16. The van der Waals surface area contributed by atoms with Gasteiger partial charge in [-0.3, -0.25) is 9.59 Å². The number of carbonyl (C=O) groups excluding carboxylic acids is 1. The molecule has 174 valence electrons. The van der Waals surface area contributed by atoms with Crippen LogP contribution in [0.25, 0.3) is 22.4 Å². The Morgan fingerprint density at radius 3 is 2.63 bits per heavy atom. The van der Waals surface area contributed by atoms with Crippen LogP contribution in [0.5, 0.6) is 5.75 Å². The molecule has 0 aliphatic carbocycles. The second-order valence-electron chi connectivity index (χ2n) is 7.80. The number of carbonyl (C=O) groups is 1. The maximum atomic E-state index is 13.0. The molecule has 5 rings (SSSR count). The van der Waals surface area contributed by atoms with E-state index in [1.54, 1.807) is 12.1 Å². The van der Waals surface area contributed by atoms with E-state index in [9.17, 15) is 9.59 Å². The van der Waals surface area contributed by atoms with E-state index >= 15 is 0 Å². The highest BCUT2D eigenvalue weighted by Crippen LogP contribution is 2.24. The van der Waals surface area contributed by atoms with Gasteiger partial charge >= 0.3 is 0 Å². The Hall–Kier alpha value is -3.82. The van der Waals surface area contributed by atoms with Crippen LogP contribution in [-0.2, 0) is 4.79 Å². The molecule has 0 saturated carbocycles. The third-order valence-electron chi connectivity index (χ3n) is 5.17. The Morgan fingerprint density at radius 2 is 1.89 bits per heavy atom. The molecule has 0 spiro atoms. The molecule has 0 radical (unpaired) electrons. The van der Waals surface area contributed by atoms with E-state index in [0.29, 0.717) is 32.3 Å². The first kappa shape index (κ1) is 22.9. The zero-order valence-electron chi connectivity index (χ0n) is 18.6. The summed E-state index contributed by atoms with van der Waals surface area (Å²) in [5, 5.41) is 7.19. The SMILES string of the molecule is Cc1ccc(NC(=O)COc2ccc(Br)cc2/C=c2\sc3nc(-c4ccccc4)nn3c2=O)cc1. The molecule has 35 heavy (non-hydrogen) atoms. The fourth-order valence-electron chi connectivity index (χ4n) is 3.43. The number of anilines is 1. The third-order valence-corrected chi connectivity index (χ3v) is 6.62. The number of benzene rings is 3. The molecule has 0 fully saturated rings. The van der Waals surface area contributed by atoms with Crippen LogP contribution in [0.15, 0.2) is 82.1 Å². The van der Waals surface area contributed by atoms with Gasteiger partial charge in [-0.15, -0.1) is 5.10 Å². The van der Waals surface area contributed by atoms with E-state index < -0.39 is 0 Å². The van der Waals surface area contributed by atoms with Gasteiger partial charge in [0.05, 0.1) is 4.53 Å². The van der Waals surface area contributed by atoms with Crippen LogP contribution in [0, 0.1) is 6.92 Å². The summed E-state index contributed by atoms with van der Waals surface area (Å²) >= 11 is 4.71. The quantitative estimate of drug-likeness (QED) is 0.340. The van der Waals surface area contributed by atoms with Gasteiger partial charge < -0.3 is 10.1 Å². The second-order valence-corrected chi connectivity index (χ2v) is 9.72. The van der Waals surface area contributed by atoms with Crippen LogP contribution in [0.2, 0.25) is 0 Å². The predicted octanol–water partition coefficient (Wildman–Crippen LogP) is 4.45. The molecular formula is C26H19BrN4O3S. The highest BCUT2D eigenvalue weighted by atomic mass is 79.9. The zero-order valence-corrected chi connectivity index (χ0v) is 21.0. The highest BCUT2D eigenvalue weighted by molar-refractivity contribution is 9.10. The lowest BCUT2D eigenvalue weighted by Crippen LogP contribution is -2.24. The molecule has 0 bridgehead atoms. The normalized spacial score (nSPS) is 11.7. The number of aromatic nitrogens is 3. The van der Waals surface area contributed by atoms with Gasteiger partial charge in [0, 0.05) is 21.3 Å². The molecule has 5 aromatic rings. The molecule has 0 saturated heterocycles. The first-order chi connectivity index (χ1) is 17.0. The van der Waals surface area contributed by atoms with Crippen LogP contribution in [0.1, 0.15) is 11.1 Å². The van der Waals surface area contributed by atoms with E-state index in [-0.39, 0.29) is 18.1 Å². The van der Waals surface area contributed by atoms with Crippen molar-refractivity contribution in [3.63, 3.8) is 0 Å². The van der Waals surface area contributed by atoms with Gasteiger partial charge in [-0.2, -0.15) is 9.50 Å². The monoisotopic (exact) mass is 546 g/mol. The van der Waals surface area contributed by atoms with Gasteiger partial charge in [0.25, 0.3) is 11.5 Å². The fourth-order valence-corrected chi connectivity index (χ4v) is 4.70. The van der Waals surface area contributed by atoms with E-state index in [1.807, 2.05) is 73.7 Å². The van der Waals surface area contributed by atoms with Crippen molar-refractivity contribution in [1.82, 2.24) is 14.6 Å². The Bertz CT molecular complexity index is 1630. The van der Waals surface area contributed by atoms with Gasteiger partial charge in [0.1, 0.15) is 5.75 Å². The van der Waals surface area contributed by atoms with Gasteiger partial charge in [-0.05, 0) is 43.3 Å². The second kappa shape index (κ2) is 9.81. The first-order valence-electron chi connectivity index (χ1n) is 10.7. The number of nitrogens with one attached hydrogen (secondary N) is 1. The van der Waals surface area contributed by atoms with Gasteiger partial charge in [-0.1, -0.05) is 75.3 Å². The molecule has 2 aromatic heterocycles. The molecular weight excluding hydrogens is 528 g/mol. The van der Waals surface area contributed by atoms with Crippen LogP contribution < -0.4 is 20.1 Å². The summed E-state index contributed by atoms with van der Waals surface area (Å²) in [6.07, 6.45) is 1.73. The first-order valence-corrected chi connectivity index (χ1v) is 12.3. The largest absolute Gasteiger partial charge is 0.483 e. The number of hydrogen-bond donors (Lipinski definition) is 1. The molecule has 1 amide bonds. The van der Waals surface area contributed by atoms with Gasteiger partial charge in [0.15, 0.2) is 12.4 Å².